The Balaban J connectivity index is 2.27. The van der Waals surface area contributed by atoms with Crippen LogP contribution >= 0.6 is 0 Å². The summed E-state index contributed by atoms with van der Waals surface area (Å²) in [7, 11) is 1.80. The van der Waals surface area contributed by atoms with Gasteiger partial charge in [0, 0.05) is 0 Å². The fourth-order valence-corrected chi connectivity index (χ4v) is 1.97. The van der Waals surface area contributed by atoms with Gasteiger partial charge in [0.2, 0.25) is 0 Å². The Kier molecular flexibility index (Phi) is 1.95. The van der Waals surface area contributed by atoms with Crippen LogP contribution in [0, 0.1) is 0 Å². The SMILES string of the molecule is COC(=C1CC1)C1=C(C)CCC1. The van der Waals surface area contributed by atoms with E-state index in [4.69, 9.17) is 4.74 Å². The summed E-state index contributed by atoms with van der Waals surface area (Å²) in [5.41, 5.74) is 4.59. The van der Waals surface area contributed by atoms with Crippen molar-refractivity contribution in [1.29, 1.82) is 0 Å². The molecule has 12 heavy (non-hydrogen) atoms. The Bertz CT molecular complexity index is 252. The van der Waals surface area contributed by atoms with Gasteiger partial charge in [0.25, 0.3) is 0 Å². The average Bonchev–Trinajstić information content (AvgIpc) is 2.80. The van der Waals surface area contributed by atoms with Crippen LogP contribution in [0.2, 0.25) is 0 Å². The molecule has 0 amide bonds. The minimum absolute atomic E-state index is 1.23. The number of rotatable bonds is 2. The Morgan fingerprint density at radius 2 is 1.92 bits per heavy atom. The highest BCUT2D eigenvalue weighted by Crippen LogP contribution is 2.40. The molecule has 0 aromatic rings. The van der Waals surface area contributed by atoms with Crippen LogP contribution < -0.4 is 0 Å². The molecule has 0 radical (unpaired) electrons. The number of hydrogen-bond donors (Lipinski definition) is 0. The molecule has 66 valence electrons. The molecule has 2 rings (SSSR count). The third-order valence-corrected chi connectivity index (χ3v) is 2.79. The number of methoxy groups -OCH3 is 1. The van der Waals surface area contributed by atoms with Crippen molar-refractivity contribution in [2.24, 2.45) is 0 Å². The van der Waals surface area contributed by atoms with Crippen LogP contribution in [0.25, 0.3) is 0 Å². The van der Waals surface area contributed by atoms with E-state index in [9.17, 15) is 0 Å². The van der Waals surface area contributed by atoms with Gasteiger partial charge >= 0.3 is 0 Å². The minimum atomic E-state index is 1.23. The molecular weight excluding hydrogens is 148 g/mol. The van der Waals surface area contributed by atoms with E-state index in [-0.39, 0.29) is 0 Å². The molecule has 1 nitrogen and oxygen atoms in total. The van der Waals surface area contributed by atoms with Crippen molar-refractivity contribution in [3.8, 4) is 0 Å². The Morgan fingerprint density at radius 3 is 2.33 bits per heavy atom. The summed E-state index contributed by atoms with van der Waals surface area (Å²) in [6.07, 6.45) is 6.36. The third kappa shape index (κ3) is 1.28. The van der Waals surface area contributed by atoms with Crippen LogP contribution in [0.15, 0.2) is 22.5 Å². The Hall–Kier alpha value is -0.720. The monoisotopic (exact) mass is 164 g/mol. The molecule has 0 saturated heterocycles. The van der Waals surface area contributed by atoms with Crippen molar-refractivity contribution in [2.45, 2.75) is 39.0 Å². The Morgan fingerprint density at radius 1 is 1.17 bits per heavy atom. The molecule has 0 aromatic carbocycles. The van der Waals surface area contributed by atoms with Crippen molar-refractivity contribution in [2.75, 3.05) is 7.11 Å². The molecule has 1 fully saturated rings. The maximum Gasteiger partial charge on any atom is 0.121 e. The molecule has 1 heteroatoms. The summed E-state index contributed by atoms with van der Waals surface area (Å²) in [6, 6.07) is 0. The quantitative estimate of drug-likeness (QED) is 0.569. The lowest BCUT2D eigenvalue weighted by Gasteiger charge is -2.07. The van der Waals surface area contributed by atoms with Crippen LogP contribution in [0.5, 0.6) is 0 Å². The molecule has 0 unspecified atom stereocenters. The first-order chi connectivity index (χ1) is 5.83. The first kappa shape index (κ1) is 7.90. The fourth-order valence-electron chi connectivity index (χ4n) is 1.97. The minimum Gasteiger partial charge on any atom is -0.497 e. The molecule has 0 atom stereocenters. The van der Waals surface area contributed by atoms with E-state index in [0.717, 1.165) is 0 Å². The first-order valence-corrected chi connectivity index (χ1v) is 4.78. The van der Waals surface area contributed by atoms with E-state index in [0.29, 0.717) is 0 Å². The highest BCUT2D eigenvalue weighted by Gasteiger charge is 2.24. The van der Waals surface area contributed by atoms with Crippen molar-refractivity contribution >= 4 is 0 Å². The zero-order chi connectivity index (χ0) is 8.55. The van der Waals surface area contributed by atoms with Crippen LogP contribution in [-0.2, 0) is 4.74 Å². The van der Waals surface area contributed by atoms with Gasteiger partial charge in [0.15, 0.2) is 0 Å². The second-order valence-electron chi connectivity index (χ2n) is 3.75. The summed E-state index contributed by atoms with van der Waals surface area (Å²) in [4.78, 5) is 0. The van der Waals surface area contributed by atoms with Gasteiger partial charge in [-0.2, -0.15) is 0 Å². The lowest BCUT2D eigenvalue weighted by atomic mass is 10.1. The molecule has 0 N–H and O–H groups in total. The van der Waals surface area contributed by atoms with Gasteiger partial charge < -0.3 is 4.74 Å². The zero-order valence-corrected chi connectivity index (χ0v) is 7.94. The largest absolute Gasteiger partial charge is 0.497 e. The highest BCUT2D eigenvalue weighted by atomic mass is 16.5. The summed E-state index contributed by atoms with van der Waals surface area (Å²) >= 11 is 0. The van der Waals surface area contributed by atoms with Crippen LogP contribution in [-0.4, -0.2) is 7.11 Å². The summed E-state index contributed by atoms with van der Waals surface area (Å²) in [5.74, 6) is 1.23. The van der Waals surface area contributed by atoms with Crippen LogP contribution in [0.1, 0.15) is 39.0 Å². The average molecular weight is 164 g/mol. The number of allylic oxidation sites excluding steroid dienone is 3. The van der Waals surface area contributed by atoms with E-state index in [2.05, 4.69) is 6.92 Å². The van der Waals surface area contributed by atoms with Gasteiger partial charge in [-0.25, -0.2) is 0 Å². The molecule has 2 aliphatic rings. The van der Waals surface area contributed by atoms with Gasteiger partial charge in [0.05, 0.1) is 7.11 Å². The Labute approximate surface area is 74.1 Å². The highest BCUT2D eigenvalue weighted by molar-refractivity contribution is 5.40. The van der Waals surface area contributed by atoms with Gasteiger partial charge in [0.1, 0.15) is 5.76 Å². The van der Waals surface area contributed by atoms with Gasteiger partial charge in [-0.1, -0.05) is 5.57 Å². The van der Waals surface area contributed by atoms with Gasteiger partial charge in [-0.15, -0.1) is 0 Å². The predicted octanol–water partition coefficient (Wildman–Crippen LogP) is 3.18. The van der Waals surface area contributed by atoms with Crippen LogP contribution in [0.4, 0.5) is 0 Å². The maximum absolute atomic E-state index is 5.45. The van der Waals surface area contributed by atoms with Crippen LogP contribution in [0.3, 0.4) is 0 Å². The summed E-state index contributed by atoms with van der Waals surface area (Å²) in [5, 5.41) is 0. The third-order valence-electron chi connectivity index (χ3n) is 2.79. The molecule has 1 saturated carbocycles. The first-order valence-electron chi connectivity index (χ1n) is 4.78. The van der Waals surface area contributed by atoms with E-state index >= 15 is 0 Å². The fraction of sp³-hybridized carbons (Fsp3) is 0.636. The van der Waals surface area contributed by atoms with E-state index in [1.165, 1.54) is 49.0 Å². The zero-order valence-electron chi connectivity index (χ0n) is 7.94. The molecule has 0 aliphatic heterocycles. The number of ether oxygens (including phenoxy) is 1. The van der Waals surface area contributed by atoms with E-state index < -0.39 is 0 Å². The number of hydrogen-bond acceptors (Lipinski definition) is 1. The van der Waals surface area contributed by atoms with Crippen molar-refractivity contribution < 1.29 is 4.74 Å². The maximum atomic E-state index is 5.45. The van der Waals surface area contributed by atoms with Crippen molar-refractivity contribution in [3.05, 3.63) is 22.5 Å². The summed E-state index contributed by atoms with van der Waals surface area (Å²) < 4.78 is 5.45. The predicted molar refractivity (Wildman–Crippen MR) is 49.8 cm³/mol. The molecule has 0 spiro atoms. The lowest BCUT2D eigenvalue weighted by molar-refractivity contribution is 0.297. The standard InChI is InChI=1S/C11H16O/c1-8-4-3-5-10(8)11(12-2)9-6-7-9/h3-7H2,1-2H3. The lowest BCUT2D eigenvalue weighted by Crippen LogP contribution is -1.91. The van der Waals surface area contributed by atoms with Crippen molar-refractivity contribution in [3.63, 3.8) is 0 Å². The molecule has 0 aromatic heterocycles. The van der Waals surface area contributed by atoms with E-state index in [1.807, 2.05) is 0 Å². The second-order valence-corrected chi connectivity index (χ2v) is 3.75. The smallest absolute Gasteiger partial charge is 0.121 e. The summed E-state index contributed by atoms with van der Waals surface area (Å²) in [6.45, 7) is 2.24. The molecule has 0 heterocycles. The normalized spacial score (nSPS) is 21.7. The van der Waals surface area contributed by atoms with E-state index in [1.54, 1.807) is 12.7 Å². The van der Waals surface area contributed by atoms with Crippen molar-refractivity contribution in [1.82, 2.24) is 0 Å². The van der Waals surface area contributed by atoms with Gasteiger partial charge in [-0.3, -0.25) is 0 Å². The van der Waals surface area contributed by atoms with Gasteiger partial charge in [-0.05, 0) is 50.2 Å². The molecular formula is C11H16O. The molecule has 2 aliphatic carbocycles. The second kappa shape index (κ2) is 2.96. The topological polar surface area (TPSA) is 9.23 Å². The molecule has 0 bridgehead atoms.